The molecule has 2 N–H and O–H groups in total. The lowest BCUT2D eigenvalue weighted by atomic mass is 9.86. The number of halogens is 2. The lowest BCUT2D eigenvalue weighted by molar-refractivity contribution is -0.137. The first kappa shape index (κ1) is 30.2. The minimum absolute atomic E-state index is 0.186. The quantitative estimate of drug-likeness (QED) is 0.183. The Bertz CT molecular complexity index is 1640. The molecule has 42 heavy (non-hydrogen) atoms. The van der Waals surface area contributed by atoms with Crippen molar-refractivity contribution in [3.63, 3.8) is 0 Å². The van der Waals surface area contributed by atoms with E-state index in [2.05, 4.69) is 5.32 Å². The lowest BCUT2D eigenvalue weighted by Gasteiger charge is -2.21. The molecule has 11 heteroatoms. The molecule has 2 aromatic heterocycles. The zero-order valence-electron chi connectivity index (χ0n) is 23.8. The zero-order chi connectivity index (χ0) is 30.0. The first-order chi connectivity index (χ1) is 20.2. The van der Waals surface area contributed by atoms with Crippen LogP contribution in [-0.2, 0) is 17.8 Å². The summed E-state index contributed by atoms with van der Waals surface area (Å²) >= 11 is 14.3. The highest BCUT2D eigenvalue weighted by Gasteiger charge is 2.24. The van der Waals surface area contributed by atoms with Crippen molar-refractivity contribution in [2.75, 3.05) is 19.5 Å². The number of ether oxygens (including phenoxy) is 2. The topological polar surface area (TPSA) is 103 Å². The molecule has 1 aliphatic rings. The molecule has 0 spiro atoms. The number of hydrogen-bond acceptors (Lipinski definition) is 6. The number of carbonyl (C=O) groups is 2. The highest BCUT2D eigenvalue weighted by atomic mass is 35.5. The van der Waals surface area contributed by atoms with Crippen molar-refractivity contribution >= 4 is 62.4 Å². The number of nitrogens with one attached hydrogen (secondary N) is 1. The van der Waals surface area contributed by atoms with Crippen molar-refractivity contribution in [2.45, 2.75) is 58.4 Å². The second-order valence-corrected chi connectivity index (χ2v) is 12.6. The standard InChI is InChI=1S/C31H33Cl2N3O5S/c1-17-11-19-13-23(36(16-27(37)38)29(19)22(33)12-17)30(39)35-31-34-28(20-14-25(41-3)21(32)15-24(20)40-2)26(42-31)10-9-18-7-5-4-6-8-18/h11-15,18H,4-10,16H2,1-3H3,(H,37,38)(H,34,35,39). The van der Waals surface area contributed by atoms with Crippen LogP contribution in [0.3, 0.4) is 0 Å². The Balaban J connectivity index is 1.53. The molecule has 2 heterocycles. The largest absolute Gasteiger partial charge is 0.496 e. The maximum Gasteiger partial charge on any atom is 0.323 e. The van der Waals surface area contributed by atoms with E-state index in [9.17, 15) is 14.7 Å². The van der Waals surface area contributed by atoms with Crippen molar-refractivity contribution in [1.29, 1.82) is 0 Å². The molecule has 4 aromatic rings. The van der Waals surface area contributed by atoms with Gasteiger partial charge >= 0.3 is 5.97 Å². The van der Waals surface area contributed by atoms with Gasteiger partial charge in [0.05, 0.1) is 35.5 Å². The van der Waals surface area contributed by atoms with Crippen LogP contribution < -0.4 is 14.8 Å². The number of anilines is 1. The Morgan fingerprint density at radius 1 is 1.05 bits per heavy atom. The van der Waals surface area contributed by atoms with Crippen molar-refractivity contribution in [3.05, 3.63) is 56.5 Å². The number of thiazole rings is 1. The van der Waals surface area contributed by atoms with Crippen LogP contribution in [0, 0.1) is 12.8 Å². The summed E-state index contributed by atoms with van der Waals surface area (Å²) in [6.07, 6.45) is 8.10. The molecule has 0 aliphatic heterocycles. The summed E-state index contributed by atoms with van der Waals surface area (Å²) in [4.78, 5) is 31.3. The molecule has 1 aliphatic carbocycles. The second kappa shape index (κ2) is 12.9. The molecule has 0 atom stereocenters. The fourth-order valence-electron chi connectivity index (χ4n) is 5.79. The first-order valence-corrected chi connectivity index (χ1v) is 15.5. The molecule has 0 saturated heterocycles. The number of nitrogens with zero attached hydrogens (tertiary/aromatic N) is 2. The van der Waals surface area contributed by atoms with Gasteiger partial charge < -0.3 is 19.1 Å². The molecule has 5 rings (SSSR count). The van der Waals surface area contributed by atoms with Gasteiger partial charge in [0.1, 0.15) is 23.7 Å². The van der Waals surface area contributed by atoms with E-state index in [1.807, 2.05) is 13.0 Å². The third kappa shape index (κ3) is 6.38. The van der Waals surface area contributed by atoms with Crippen LogP contribution in [0.4, 0.5) is 5.13 Å². The van der Waals surface area contributed by atoms with Gasteiger partial charge in [-0.1, -0.05) is 55.3 Å². The van der Waals surface area contributed by atoms with E-state index in [0.717, 1.165) is 28.8 Å². The molecule has 1 saturated carbocycles. The van der Waals surface area contributed by atoms with Crippen LogP contribution in [0.25, 0.3) is 22.2 Å². The Morgan fingerprint density at radius 3 is 2.48 bits per heavy atom. The Kier molecular flexibility index (Phi) is 9.30. The molecule has 8 nitrogen and oxygen atoms in total. The van der Waals surface area contributed by atoms with Gasteiger partial charge in [0.15, 0.2) is 5.13 Å². The minimum atomic E-state index is -1.08. The Morgan fingerprint density at radius 2 is 1.79 bits per heavy atom. The summed E-state index contributed by atoms with van der Waals surface area (Å²) in [5.41, 5.74) is 3.01. The second-order valence-electron chi connectivity index (χ2n) is 10.7. The van der Waals surface area contributed by atoms with Crippen molar-refractivity contribution in [3.8, 4) is 22.8 Å². The van der Waals surface area contributed by atoms with E-state index < -0.39 is 18.4 Å². The average molecular weight is 631 g/mol. The van der Waals surface area contributed by atoms with Crippen LogP contribution in [0.2, 0.25) is 10.0 Å². The van der Waals surface area contributed by atoms with Gasteiger partial charge in [0.25, 0.3) is 5.91 Å². The number of aromatic nitrogens is 2. The van der Waals surface area contributed by atoms with Crippen LogP contribution in [0.1, 0.15) is 59.5 Å². The van der Waals surface area contributed by atoms with Crippen molar-refractivity contribution in [1.82, 2.24) is 9.55 Å². The van der Waals surface area contributed by atoms with Crippen LogP contribution in [0.5, 0.6) is 11.5 Å². The number of amides is 1. The molecule has 1 amide bonds. The van der Waals surface area contributed by atoms with Gasteiger partial charge in [-0.2, -0.15) is 0 Å². The van der Waals surface area contributed by atoms with Gasteiger partial charge in [-0.15, -0.1) is 11.3 Å². The monoisotopic (exact) mass is 629 g/mol. The fourth-order valence-corrected chi connectivity index (χ4v) is 7.39. The van der Waals surface area contributed by atoms with Gasteiger partial charge in [0.2, 0.25) is 0 Å². The Labute approximate surface area is 258 Å². The van der Waals surface area contributed by atoms with Gasteiger partial charge in [-0.25, -0.2) is 4.98 Å². The highest BCUT2D eigenvalue weighted by Crippen LogP contribution is 2.43. The number of carbonyl (C=O) groups excluding carboxylic acids is 1. The predicted molar refractivity (Wildman–Crippen MR) is 168 cm³/mol. The Hall–Kier alpha value is -3.27. The number of aliphatic carboxylic acids is 1. The summed E-state index contributed by atoms with van der Waals surface area (Å²) < 4.78 is 12.6. The van der Waals surface area contributed by atoms with Gasteiger partial charge in [-0.05, 0) is 55.5 Å². The number of methoxy groups -OCH3 is 2. The van der Waals surface area contributed by atoms with Gasteiger partial charge in [0, 0.05) is 21.9 Å². The number of hydrogen-bond donors (Lipinski definition) is 2. The predicted octanol–water partition coefficient (Wildman–Crippen LogP) is 8.25. The number of aryl methyl sites for hydroxylation is 2. The molecular weight excluding hydrogens is 597 g/mol. The first-order valence-electron chi connectivity index (χ1n) is 13.9. The van der Waals surface area contributed by atoms with Crippen molar-refractivity contribution in [2.24, 2.45) is 5.92 Å². The average Bonchev–Trinajstić information content (AvgIpc) is 3.52. The van der Waals surface area contributed by atoms with E-state index in [1.54, 1.807) is 38.5 Å². The van der Waals surface area contributed by atoms with E-state index in [0.29, 0.717) is 49.2 Å². The van der Waals surface area contributed by atoms with E-state index in [-0.39, 0.29) is 5.69 Å². The van der Waals surface area contributed by atoms with E-state index in [4.69, 9.17) is 37.7 Å². The summed E-state index contributed by atoms with van der Waals surface area (Å²) in [6, 6.07) is 8.80. The van der Waals surface area contributed by atoms with Crippen LogP contribution in [0.15, 0.2) is 30.3 Å². The molecular formula is C31H33Cl2N3O5S. The SMILES string of the molecule is COc1cc(-c2nc(NC(=O)c3cc4cc(C)cc(Cl)c4n3CC(=O)O)sc2CCC2CCCCC2)c(OC)cc1Cl. The summed E-state index contributed by atoms with van der Waals surface area (Å²) in [6.45, 7) is 1.48. The smallest absolute Gasteiger partial charge is 0.323 e. The lowest BCUT2D eigenvalue weighted by Crippen LogP contribution is -2.19. The normalized spacial score (nSPS) is 13.8. The molecule has 0 bridgehead atoms. The maximum absolute atomic E-state index is 13.6. The fraction of sp³-hybridized carbons (Fsp3) is 0.387. The minimum Gasteiger partial charge on any atom is -0.496 e. The van der Waals surface area contributed by atoms with E-state index >= 15 is 0 Å². The van der Waals surface area contributed by atoms with E-state index in [1.165, 1.54) is 48.0 Å². The molecule has 2 aromatic carbocycles. The zero-order valence-corrected chi connectivity index (χ0v) is 26.1. The molecule has 1 fully saturated rings. The van der Waals surface area contributed by atoms with Gasteiger partial charge in [-0.3, -0.25) is 14.9 Å². The third-order valence-electron chi connectivity index (χ3n) is 7.77. The summed E-state index contributed by atoms with van der Waals surface area (Å²) in [5, 5.41) is 14.4. The maximum atomic E-state index is 13.6. The molecule has 0 unspecified atom stereocenters. The van der Waals surface area contributed by atoms with Crippen molar-refractivity contribution < 1.29 is 24.2 Å². The van der Waals surface area contributed by atoms with Crippen LogP contribution >= 0.6 is 34.5 Å². The number of carboxylic acids is 1. The highest BCUT2D eigenvalue weighted by molar-refractivity contribution is 7.16. The number of rotatable bonds is 10. The summed E-state index contributed by atoms with van der Waals surface area (Å²) in [5.74, 6) is 0.155. The van der Waals surface area contributed by atoms with Crippen LogP contribution in [-0.4, -0.2) is 40.8 Å². The number of benzene rings is 2. The third-order valence-corrected chi connectivity index (χ3v) is 9.38. The molecule has 0 radical (unpaired) electrons. The number of carboxylic acid groups (broad SMARTS) is 1. The number of fused-ring (bicyclic) bond motifs is 1. The molecule has 222 valence electrons. The summed E-state index contributed by atoms with van der Waals surface area (Å²) in [7, 11) is 3.13.